The molecule has 0 aliphatic rings. The summed E-state index contributed by atoms with van der Waals surface area (Å²) in [5.74, 6) is 0. The molecule has 3 heteroatoms. The van der Waals surface area contributed by atoms with Gasteiger partial charge in [0.05, 0.1) is 5.69 Å². The van der Waals surface area contributed by atoms with Gasteiger partial charge in [-0.1, -0.05) is 13.8 Å². The fourth-order valence-corrected chi connectivity index (χ4v) is 1.87. The van der Waals surface area contributed by atoms with Crippen LogP contribution in [0.1, 0.15) is 25.8 Å². The van der Waals surface area contributed by atoms with E-state index in [1.54, 1.807) is 11.8 Å². The zero-order valence-corrected chi connectivity index (χ0v) is 9.19. The molecule has 72 valence electrons. The zero-order valence-electron chi connectivity index (χ0n) is 8.37. The highest BCUT2D eigenvalue weighted by Crippen LogP contribution is 2.29. The molecule has 0 aromatic carbocycles. The van der Waals surface area contributed by atoms with Crippen LogP contribution in [0.5, 0.6) is 0 Å². The maximum Gasteiger partial charge on any atom is 0.119 e. The number of nitrogen functional groups attached to an aromatic ring is 1. The second kappa shape index (κ2) is 4.51. The molecule has 1 rings (SSSR count). The van der Waals surface area contributed by atoms with Crippen molar-refractivity contribution < 1.29 is 0 Å². The summed E-state index contributed by atoms with van der Waals surface area (Å²) in [5.41, 5.74) is 7.84. The van der Waals surface area contributed by atoms with Crippen molar-refractivity contribution in [1.82, 2.24) is 4.98 Å². The molecule has 0 radical (unpaired) electrons. The van der Waals surface area contributed by atoms with Gasteiger partial charge in [-0.3, -0.25) is 0 Å². The van der Waals surface area contributed by atoms with Gasteiger partial charge in [-0.2, -0.15) is 0 Å². The summed E-state index contributed by atoms with van der Waals surface area (Å²) in [6, 6.07) is 1.94. The summed E-state index contributed by atoms with van der Waals surface area (Å²) in [6.07, 6.45) is 2.95. The molecule has 0 saturated heterocycles. The predicted octanol–water partition coefficient (Wildman–Crippen LogP) is 2.86. The summed E-state index contributed by atoms with van der Waals surface area (Å²) in [5, 5.41) is 1.55. The number of thioether (sulfide) groups is 1. The minimum absolute atomic E-state index is 0.580. The Morgan fingerprint density at radius 2 is 2.31 bits per heavy atom. The molecule has 0 spiro atoms. The van der Waals surface area contributed by atoms with Gasteiger partial charge in [0.15, 0.2) is 0 Å². The minimum atomic E-state index is 0.580. The lowest BCUT2D eigenvalue weighted by Crippen LogP contribution is -1.99. The van der Waals surface area contributed by atoms with Crippen LogP contribution in [0.15, 0.2) is 17.3 Å². The van der Waals surface area contributed by atoms with E-state index in [9.17, 15) is 0 Å². The smallest absolute Gasteiger partial charge is 0.119 e. The molecule has 0 fully saturated rings. The van der Waals surface area contributed by atoms with E-state index in [2.05, 4.69) is 18.8 Å². The Morgan fingerprint density at radius 3 is 2.92 bits per heavy atom. The van der Waals surface area contributed by atoms with Crippen molar-refractivity contribution in [2.75, 3.05) is 5.73 Å². The summed E-state index contributed by atoms with van der Waals surface area (Å²) in [4.78, 5) is 4.26. The Bertz CT molecular complexity index is 286. The first-order valence-electron chi connectivity index (χ1n) is 4.53. The molecular weight excluding hydrogens is 180 g/mol. The number of rotatable bonds is 3. The van der Waals surface area contributed by atoms with Gasteiger partial charge in [0.1, 0.15) is 5.03 Å². The first kappa shape index (κ1) is 10.4. The molecule has 0 bridgehead atoms. The van der Waals surface area contributed by atoms with Gasteiger partial charge in [-0.05, 0) is 25.0 Å². The van der Waals surface area contributed by atoms with Crippen LogP contribution in [-0.4, -0.2) is 10.2 Å². The van der Waals surface area contributed by atoms with E-state index in [4.69, 9.17) is 5.73 Å². The van der Waals surface area contributed by atoms with Crippen molar-refractivity contribution in [2.45, 2.75) is 37.5 Å². The molecule has 1 unspecified atom stereocenters. The van der Waals surface area contributed by atoms with Gasteiger partial charge in [-0.25, -0.2) is 4.98 Å². The Morgan fingerprint density at radius 1 is 1.62 bits per heavy atom. The van der Waals surface area contributed by atoms with Gasteiger partial charge in [0.2, 0.25) is 0 Å². The van der Waals surface area contributed by atoms with Crippen LogP contribution in [0.2, 0.25) is 0 Å². The number of pyridine rings is 1. The van der Waals surface area contributed by atoms with Crippen LogP contribution >= 0.6 is 11.8 Å². The molecule has 1 atom stereocenters. The highest BCUT2D eigenvalue weighted by Gasteiger charge is 2.07. The Hall–Kier alpha value is -0.700. The first-order chi connectivity index (χ1) is 6.15. The van der Waals surface area contributed by atoms with Crippen LogP contribution in [0.25, 0.3) is 0 Å². The molecular formula is C10H16N2S. The van der Waals surface area contributed by atoms with Crippen LogP contribution in [0.3, 0.4) is 0 Å². The third-order valence-corrected chi connectivity index (χ3v) is 3.34. The fraction of sp³-hybridized carbons (Fsp3) is 0.500. The van der Waals surface area contributed by atoms with Gasteiger partial charge < -0.3 is 5.73 Å². The average molecular weight is 196 g/mol. The lowest BCUT2D eigenvalue weighted by molar-refractivity contribution is 0.901. The number of hydrogen-bond acceptors (Lipinski definition) is 3. The number of anilines is 1. The summed E-state index contributed by atoms with van der Waals surface area (Å²) >= 11 is 1.75. The van der Waals surface area contributed by atoms with Crippen LogP contribution in [0.4, 0.5) is 5.69 Å². The van der Waals surface area contributed by atoms with Crippen molar-refractivity contribution in [1.29, 1.82) is 0 Å². The topological polar surface area (TPSA) is 38.9 Å². The number of hydrogen-bond donors (Lipinski definition) is 1. The quantitative estimate of drug-likeness (QED) is 0.755. The van der Waals surface area contributed by atoms with Crippen molar-refractivity contribution in [2.24, 2.45) is 0 Å². The molecule has 1 aromatic rings. The summed E-state index contributed by atoms with van der Waals surface area (Å²) in [6.45, 7) is 6.37. The maximum atomic E-state index is 5.90. The van der Waals surface area contributed by atoms with Crippen molar-refractivity contribution in [3.05, 3.63) is 17.8 Å². The highest BCUT2D eigenvalue weighted by molar-refractivity contribution is 8.00. The Labute approximate surface area is 83.9 Å². The zero-order chi connectivity index (χ0) is 9.84. The number of aromatic nitrogens is 1. The second-order valence-electron chi connectivity index (χ2n) is 3.18. The molecule has 2 N–H and O–H groups in total. The van der Waals surface area contributed by atoms with Crippen molar-refractivity contribution >= 4 is 17.4 Å². The highest BCUT2D eigenvalue weighted by atomic mass is 32.2. The standard InChI is InChI=1S/C10H16N2S/c1-4-8(3)13-10-9(11)7(2)5-6-12-10/h5-6,8H,4,11H2,1-3H3. The van der Waals surface area contributed by atoms with E-state index < -0.39 is 0 Å². The molecule has 0 aliphatic heterocycles. The Balaban J connectivity index is 2.83. The first-order valence-corrected chi connectivity index (χ1v) is 5.40. The van der Waals surface area contributed by atoms with Crippen molar-refractivity contribution in [3.8, 4) is 0 Å². The maximum absolute atomic E-state index is 5.90. The third-order valence-electron chi connectivity index (χ3n) is 2.06. The predicted molar refractivity (Wildman–Crippen MR) is 59.0 cm³/mol. The average Bonchev–Trinajstić information content (AvgIpc) is 2.13. The summed E-state index contributed by atoms with van der Waals surface area (Å²) in [7, 11) is 0. The molecule has 2 nitrogen and oxygen atoms in total. The SMILES string of the molecule is CCC(C)Sc1nccc(C)c1N. The monoisotopic (exact) mass is 196 g/mol. The molecule has 1 heterocycles. The van der Waals surface area contributed by atoms with E-state index in [-0.39, 0.29) is 0 Å². The number of nitrogens with two attached hydrogens (primary N) is 1. The molecule has 1 aromatic heterocycles. The van der Waals surface area contributed by atoms with E-state index in [0.717, 1.165) is 22.7 Å². The van der Waals surface area contributed by atoms with Crippen LogP contribution in [0, 0.1) is 6.92 Å². The van der Waals surface area contributed by atoms with Gasteiger partial charge in [0.25, 0.3) is 0 Å². The lowest BCUT2D eigenvalue weighted by Gasteiger charge is -2.10. The summed E-state index contributed by atoms with van der Waals surface area (Å²) < 4.78 is 0. The number of aryl methyl sites for hydroxylation is 1. The van der Waals surface area contributed by atoms with Gasteiger partial charge >= 0.3 is 0 Å². The minimum Gasteiger partial charge on any atom is -0.396 e. The van der Waals surface area contributed by atoms with Gasteiger partial charge in [0, 0.05) is 11.4 Å². The Kier molecular flexibility index (Phi) is 3.60. The third kappa shape index (κ3) is 2.62. The molecule has 13 heavy (non-hydrogen) atoms. The van der Waals surface area contributed by atoms with E-state index in [1.165, 1.54) is 0 Å². The van der Waals surface area contributed by atoms with Crippen LogP contribution < -0.4 is 5.73 Å². The normalized spacial score (nSPS) is 12.8. The van der Waals surface area contributed by atoms with Crippen LogP contribution in [-0.2, 0) is 0 Å². The molecule has 0 aliphatic carbocycles. The van der Waals surface area contributed by atoms with Crippen molar-refractivity contribution in [3.63, 3.8) is 0 Å². The number of nitrogens with zero attached hydrogens (tertiary/aromatic N) is 1. The largest absolute Gasteiger partial charge is 0.396 e. The molecule has 0 amide bonds. The lowest BCUT2D eigenvalue weighted by atomic mass is 10.3. The van der Waals surface area contributed by atoms with E-state index in [1.807, 2.05) is 19.2 Å². The molecule has 0 saturated carbocycles. The fourth-order valence-electron chi connectivity index (χ4n) is 0.913. The van der Waals surface area contributed by atoms with E-state index >= 15 is 0 Å². The van der Waals surface area contributed by atoms with Gasteiger partial charge in [-0.15, -0.1) is 11.8 Å². The second-order valence-corrected chi connectivity index (χ2v) is 4.61. The van der Waals surface area contributed by atoms with E-state index in [0.29, 0.717) is 5.25 Å².